The Morgan fingerprint density at radius 1 is 1.07 bits per heavy atom. The lowest BCUT2D eigenvalue weighted by molar-refractivity contribution is -0.142. The second-order valence-corrected chi connectivity index (χ2v) is 8.34. The van der Waals surface area contributed by atoms with Gasteiger partial charge in [0.1, 0.15) is 11.3 Å². The van der Waals surface area contributed by atoms with Crippen molar-refractivity contribution >= 4 is 22.9 Å². The number of carboxylic acid groups (broad SMARTS) is 1. The molecule has 2 heterocycles. The molecular formula is C21H28N4O3. The number of aryl methyl sites for hydroxylation is 1. The molecule has 1 amide bonds. The first-order valence-corrected chi connectivity index (χ1v) is 10.3. The van der Waals surface area contributed by atoms with E-state index in [0.29, 0.717) is 18.8 Å². The number of fused-ring (bicyclic) bond motifs is 1. The number of aliphatic carboxylic acids is 1. The first-order chi connectivity index (χ1) is 13.5. The van der Waals surface area contributed by atoms with Gasteiger partial charge in [-0.3, -0.25) is 14.6 Å². The Bertz CT molecular complexity index is 862. The number of pyridine rings is 1. The zero-order valence-electron chi connectivity index (χ0n) is 16.3. The Hall–Kier alpha value is -2.44. The highest BCUT2D eigenvalue weighted by atomic mass is 16.4. The van der Waals surface area contributed by atoms with E-state index >= 15 is 0 Å². The van der Waals surface area contributed by atoms with Crippen LogP contribution in [0.25, 0.3) is 11.0 Å². The molecule has 0 spiro atoms. The molecule has 0 atom stereocenters. The Kier molecular flexibility index (Phi) is 5.33. The van der Waals surface area contributed by atoms with Crippen molar-refractivity contribution in [3.05, 3.63) is 24.3 Å². The number of aromatic nitrogens is 3. The van der Waals surface area contributed by atoms with Gasteiger partial charge in [0, 0.05) is 31.1 Å². The van der Waals surface area contributed by atoms with E-state index < -0.39 is 5.97 Å². The fraction of sp³-hybridized carbons (Fsp3) is 0.619. The monoisotopic (exact) mass is 384 g/mol. The summed E-state index contributed by atoms with van der Waals surface area (Å²) in [5.41, 5.74) is 2.03. The summed E-state index contributed by atoms with van der Waals surface area (Å²) in [6.07, 6.45) is 10.1. The van der Waals surface area contributed by atoms with Crippen LogP contribution >= 0.6 is 0 Å². The molecule has 2 aliphatic carbocycles. The molecule has 2 aromatic heterocycles. The van der Waals surface area contributed by atoms with Gasteiger partial charge in [0.15, 0.2) is 0 Å². The van der Waals surface area contributed by atoms with Crippen molar-refractivity contribution in [1.82, 2.24) is 19.9 Å². The van der Waals surface area contributed by atoms with E-state index in [1.807, 2.05) is 6.07 Å². The molecule has 0 bridgehead atoms. The lowest BCUT2D eigenvalue weighted by atomic mass is 9.80. The number of imidazole rings is 1. The maximum atomic E-state index is 12.7. The Morgan fingerprint density at radius 3 is 2.39 bits per heavy atom. The molecule has 2 aromatic rings. The molecule has 0 aromatic carbocycles. The summed E-state index contributed by atoms with van der Waals surface area (Å²) in [5.74, 6) is 0.727. The van der Waals surface area contributed by atoms with Crippen LogP contribution < -0.4 is 5.32 Å². The number of carboxylic acids is 1. The molecule has 0 aliphatic heterocycles. The van der Waals surface area contributed by atoms with Gasteiger partial charge in [0.05, 0.1) is 17.6 Å². The largest absolute Gasteiger partial charge is 0.481 e. The summed E-state index contributed by atoms with van der Waals surface area (Å²) >= 11 is 0. The van der Waals surface area contributed by atoms with Crippen molar-refractivity contribution in [2.24, 2.45) is 18.9 Å². The number of nitrogens with one attached hydrogen (secondary N) is 1. The summed E-state index contributed by atoms with van der Waals surface area (Å²) in [6, 6.07) is 2.12. The van der Waals surface area contributed by atoms with Crippen LogP contribution in [-0.2, 0) is 16.6 Å². The third-order valence-corrected chi connectivity index (χ3v) is 6.60. The molecule has 2 aliphatic rings. The van der Waals surface area contributed by atoms with Crippen molar-refractivity contribution in [1.29, 1.82) is 0 Å². The van der Waals surface area contributed by atoms with E-state index in [-0.39, 0.29) is 23.8 Å². The minimum absolute atomic E-state index is 0.0600. The average Bonchev–Trinajstić information content (AvgIpc) is 3.05. The van der Waals surface area contributed by atoms with E-state index in [4.69, 9.17) is 10.1 Å². The van der Waals surface area contributed by atoms with Crippen LogP contribution in [0.2, 0.25) is 0 Å². The number of carbonyl (C=O) groups is 2. The Balaban J connectivity index is 1.31. The second kappa shape index (κ2) is 7.89. The molecule has 2 saturated carbocycles. The van der Waals surface area contributed by atoms with Crippen LogP contribution in [0.5, 0.6) is 0 Å². The SMILES string of the molecule is Cn1c(C2CCC(C(=O)NC3CCC(C(=O)O)CC3)CC2)nc2cnccc21. The van der Waals surface area contributed by atoms with E-state index in [1.54, 1.807) is 12.4 Å². The van der Waals surface area contributed by atoms with Gasteiger partial charge in [0.25, 0.3) is 0 Å². The molecule has 28 heavy (non-hydrogen) atoms. The number of hydrogen-bond donors (Lipinski definition) is 2. The molecule has 0 saturated heterocycles. The number of amides is 1. The maximum Gasteiger partial charge on any atom is 0.306 e. The summed E-state index contributed by atoms with van der Waals surface area (Å²) in [6.45, 7) is 0. The van der Waals surface area contributed by atoms with Gasteiger partial charge in [-0.15, -0.1) is 0 Å². The summed E-state index contributed by atoms with van der Waals surface area (Å²) in [4.78, 5) is 32.7. The van der Waals surface area contributed by atoms with Gasteiger partial charge in [-0.2, -0.15) is 0 Å². The molecule has 7 nitrogen and oxygen atoms in total. The van der Waals surface area contributed by atoms with Crippen molar-refractivity contribution in [3.8, 4) is 0 Å². The van der Waals surface area contributed by atoms with Crippen LogP contribution in [0.3, 0.4) is 0 Å². The van der Waals surface area contributed by atoms with Gasteiger partial charge in [-0.1, -0.05) is 0 Å². The van der Waals surface area contributed by atoms with E-state index in [1.165, 1.54) is 0 Å². The number of rotatable bonds is 4. The smallest absolute Gasteiger partial charge is 0.306 e. The average molecular weight is 384 g/mol. The maximum absolute atomic E-state index is 12.7. The quantitative estimate of drug-likeness (QED) is 0.845. The van der Waals surface area contributed by atoms with Gasteiger partial charge >= 0.3 is 5.97 Å². The molecule has 4 rings (SSSR count). The number of nitrogens with zero attached hydrogens (tertiary/aromatic N) is 3. The van der Waals surface area contributed by atoms with Crippen LogP contribution in [0.4, 0.5) is 0 Å². The van der Waals surface area contributed by atoms with Crippen molar-refractivity contribution in [3.63, 3.8) is 0 Å². The van der Waals surface area contributed by atoms with Gasteiger partial charge in [0.2, 0.25) is 5.91 Å². The standard InChI is InChI=1S/C21H28N4O3/c1-25-18-10-11-22-12-17(18)24-19(25)13-2-4-14(5-3-13)20(26)23-16-8-6-15(7-9-16)21(27)28/h10-16H,2-9H2,1H3,(H,23,26)(H,27,28). The molecule has 0 radical (unpaired) electrons. The molecular weight excluding hydrogens is 356 g/mol. The lowest BCUT2D eigenvalue weighted by Gasteiger charge is -2.31. The molecule has 2 N–H and O–H groups in total. The van der Waals surface area contributed by atoms with Crippen molar-refractivity contribution in [2.45, 2.75) is 63.3 Å². The predicted molar refractivity (Wildman–Crippen MR) is 105 cm³/mol. The minimum atomic E-state index is -0.708. The van der Waals surface area contributed by atoms with Gasteiger partial charge in [-0.25, -0.2) is 4.98 Å². The van der Waals surface area contributed by atoms with Gasteiger partial charge in [-0.05, 0) is 57.4 Å². The van der Waals surface area contributed by atoms with E-state index in [0.717, 1.165) is 55.4 Å². The lowest BCUT2D eigenvalue weighted by Crippen LogP contribution is -2.42. The van der Waals surface area contributed by atoms with Crippen LogP contribution in [0.1, 0.15) is 63.1 Å². The zero-order valence-corrected chi connectivity index (χ0v) is 16.3. The predicted octanol–water partition coefficient (Wildman–Crippen LogP) is 3.00. The van der Waals surface area contributed by atoms with Crippen molar-refractivity contribution in [2.75, 3.05) is 0 Å². The van der Waals surface area contributed by atoms with Crippen LogP contribution in [0, 0.1) is 11.8 Å². The van der Waals surface area contributed by atoms with Crippen LogP contribution in [-0.4, -0.2) is 37.6 Å². The Morgan fingerprint density at radius 2 is 1.75 bits per heavy atom. The first-order valence-electron chi connectivity index (χ1n) is 10.3. The van der Waals surface area contributed by atoms with E-state index in [9.17, 15) is 9.59 Å². The molecule has 7 heteroatoms. The zero-order chi connectivity index (χ0) is 19.7. The molecule has 150 valence electrons. The van der Waals surface area contributed by atoms with E-state index in [2.05, 4.69) is 21.9 Å². The highest BCUT2D eigenvalue weighted by Gasteiger charge is 2.32. The summed E-state index contributed by atoms with van der Waals surface area (Å²) in [7, 11) is 2.05. The second-order valence-electron chi connectivity index (χ2n) is 8.34. The molecule has 2 fully saturated rings. The fourth-order valence-corrected chi connectivity index (χ4v) is 4.85. The fourth-order valence-electron chi connectivity index (χ4n) is 4.85. The van der Waals surface area contributed by atoms with Gasteiger partial charge < -0.3 is 15.0 Å². The molecule has 0 unspecified atom stereocenters. The Labute approximate surface area is 164 Å². The summed E-state index contributed by atoms with van der Waals surface area (Å²) in [5, 5.41) is 12.3. The summed E-state index contributed by atoms with van der Waals surface area (Å²) < 4.78 is 2.16. The minimum Gasteiger partial charge on any atom is -0.481 e. The van der Waals surface area contributed by atoms with Crippen molar-refractivity contribution < 1.29 is 14.7 Å². The number of hydrogen-bond acceptors (Lipinski definition) is 4. The third-order valence-electron chi connectivity index (χ3n) is 6.60. The highest BCUT2D eigenvalue weighted by molar-refractivity contribution is 5.79. The normalized spacial score (nSPS) is 28.2. The third kappa shape index (κ3) is 3.75. The number of carbonyl (C=O) groups excluding carboxylic acids is 1. The van der Waals surface area contributed by atoms with Crippen LogP contribution in [0.15, 0.2) is 18.5 Å². The highest BCUT2D eigenvalue weighted by Crippen LogP contribution is 2.36. The topological polar surface area (TPSA) is 97.1 Å². The first kappa shape index (κ1) is 18.9.